The minimum Gasteiger partial charge on any atom is -0.432 e. The van der Waals surface area contributed by atoms with Crippen LogP contribution in [0.1, 0.15) is 24.1 Å². The smallest absolute Gasteiger partial charge is 0.387 e. The number of ether oxygens (including phenoxy) is 1. The highest BCUT2D eigenvalue weighted by Crippen LogP contribution is 2.35. The van der Waals surface area contributed by atoms with Crippen molar-refractivity contribution in [2.75, 3.05) is 5.73 Å². The predicted octanol–water partition coefficient (Wildman–Crippen LogP) is 3.30. The van der Waals surface area contributed by atoms with Crippen LogP contribution in [0.15, 0.2) is 18.2 Å². The summed E-state index contributed by atoms with van der Waals surface area (Å²) in [5.74, 6) is 0.0903. The lowest BCUT2D eigenvalue weighted by molar-refractivity contribution is -0.0489. The topological polar surface area (TPSA) is 48.1 Å². The third-order valence-electron chi connectivity index (χ3n) is 3.52. The Hall–Kier alpha value is -1.91. The first-order valence-corrected chi connectivity index (χ1v) is 6.31. The van der Waals surface area contributed by atoms with E-state index in [0.29, 0.717) is 16.6 Å². The average Bonchev–Trinajstić information content (AvgIpc) is 2.40. The van der Waals surface area contributed by atoms with E-state index in [4.69, 9.17) is 5.73 Å². The number of anilines is 1. The summed E-state index contributed by atoms with van der Waals surface area (Å²) in [7, 11) is 0. The molecular weight excluding hydrogens is 250 g/mol. The zero-order chi connectivity index (χ0) is 13.4. The van der Waals surface area contributed by atoms with Crippen molar-refractivity contribution in [2.45, 2.75) is 32.3 Å². The Balaban J connectivity index is 2.23. The number of nitrogens with two attached hydrogens (primary N) is 1. The number of para-hydroxylation sites is 1. The highest BCUT2D eigenvalue weighted by molar-refractivity contribution is 5.95. The molecule has 5 heteroatoms. The molecular formula is C14H14F2N2O. The van der Waals surface area contributed by atoms with Crippen LogP contribution in [0.4, 0.5) is 14.5 Å². The van der Waals surface area contributed by atoms with Crippen molar-refractivity contribution in [1.82, 2.24) is 4.98 Å². The van der Waals surface area contributed by atoms with Crippen molar-refractivity contribution in [2.24, 2.45) is 0 Å². The number of rotatable bonds is 2. The van der Waals surface area contributed by atoms with Crippen LogP contribution >= 0.6 is 0 Å². The molecule has 0 aliphatic heterocycles. The van der Waals surface area contributed by atoms with Gasteiger partial charge < -0.3 is 10.5 Å². The highest BCUT2D eigenvalue weighted by atomic mass is 19.3. The quantitative estimate of drug-likeness (QED) is 0.905. The van der Waals surface area contributed by atoms with Gasteiger partial charge in [-0.05, 0) is 37.3 Å². The van der Waals surface area contributed by atoms with Gasteiger partial charge in [-0.3, -0.25) is 0 Å². The Morgan fingerprint density at radius 2 is 2.00 bits per heavy atom. The standard InChI is InChI=1S/C14H14F2N2O/c15-14(16)19-11-7-3-5-9-12(17)8-4-1-2-6-10(8)18-13(9)11/h3,5,7,14H,1-2,4,6H2,(H2,17,18). The number of halogens is 2. The van der Waals surface area contributed by atoms with Gasteiger partial charge in [-0.2, -0.15) is 8.78 Å². The van der Waals surface area contributed by atoms with Crippen molar-refractivity contribution in [3.05, 3.63) is 29.5 Å². The third kappa shape index (κ3) is 2.09. The van der Waals surface area contributed by atoms with Gasteiger partial charge >= 0.3 is 6.61 Å². The molecule has 2 N–H and O–H groups in total. The molecule has 0 saturated heterocycles. The van der Waals surface area contributed by atoms with E-state index in [1.54, 1.807) is 12.1 Å². The Bertz CT molecular complexity index is 628. The van der Waals surface area contributed by atoms with E-state index in [1.165, 1.54) is 6.07 Å². The van der Waals surface area contributed by atoms with Crippen LogP contribution in [0.2, 0.25) is 0 Å². The van der Waals surface area contributed by atoms with Crippen LogP contribution in [0, 0.1) is 0 Å². The lowest BCUT2D eigenvalue weighted by atomic mass is 9.93. The number of aromatic nitrogens is 1. The molecule has 0 saturated carbocycles. The maximum atomic E-state index is 12.4. The lowest BCUT2D eigenvalue weighted by Crippen LogP contribution is -2.10. The van der Waals surface area contributed by atoms with Gasteiger partial charge in [0.15, 0.2) is 5.75 Å². The zero-order valence-corrected chi connectivity index (χ0v) is 10.3. The molecule has 1 aliphatic carbocycles. The number of fused-ring (bicyclic) bond motifs is 2. The first-order valence-electron chi connectivity index (χ1n) is 6.31. The van der Waals surface area contributed by atoms with Crippen molar-refractivity contribution in [3.63, 3.8) is 0 Å². The second kappa shape index (κ2) is 4.64. The summed E-state index contributed by atoms with van der Waals surface area (Å²) in [6.07, 6.45) is 3.91. The fraction of sp³-hybridized carbons (Fsp3) is 0.357. The van der Waals surface area contributed by atoms with E-state index in [-0.39, 0.29) is 5.75 Å². The molecule has 0 amide bonds. The van der Waals surface area contributed by atoms with Crippen LogP contribution in [-0.4, -0.2) is 11.6 Å². The average molecular weight is 264 g/mol. The normalized spacial score (nSPS) is 14.7. The second-order valence-corrected chi connectivity index (χ2v) is 4.69. The second-order valence-electron chi connectivity index (χ2n) is 4.69. The lowest BCUT2D eigenvalue weighted by Gasteiger charge is -2.19. The maximum absolute atomic E-state index is 12.4. The van der Waals surface area contributed by atoms with Crippen LogP contribution in [0.3, 0.4) is 0 Å². The number of alkyl halides is 2. The van der Waals surface area contributed by atoms with Gasteiger partial charge in [0, 0.05) is 16.8 Å². The van der Waals surface area contributed by atoms with E-state index in [2.05, 4.69) is 9.72 Å². The number of pyridine rings is 1. The number of benzene rings is 1. The van der Waals surface area contributed by atoms with E-state index in [9.17, 15) is 8.78 Å². The fourth-order valence-electron chi connectivity index (χ4n) is 2.65. The first-order chi connectivity index (χ1) is 9.16. The Kier molecular flexibility index (Phi) is 2.97. The Labute approximate surface area is 109 Å². The van der Waals surface area contributed by atoms with Crippen LogP contribution in [0.5, 0.6) is 5.75 Å². The molecule has 0 unspecified atom stereocenters. The summed E-state index contributed by atoms with van der Waals surface area (Å²) in [6.45, 7) is -2.86. The molecule has 1 aromatic carbocycles. The van der Waals surface area contributed by atoms with Crippen molar-refractivity contribution < 1.29 is 13.5 Å². The van der Waals surface area contributed by atoms with Gasteiger partial charge in [0.2, 0.25) is 0 Å². The van der Waals surface area contributed by atoms with Gasteiger partial charge in [-0.1, -0.05) is 12.1 Å². The van der Waals surface area contributed by atoms with Crippen LogP contribution in [0.25, 0.3) is 10.9 Å². The molecule has 1 heterocycles. The predicted molar refractivity (Wildman–Crippen MR) is 69.4 cm³/mol. The highest BCUT2D eigenvalue weighted by Gasteiger charge is 2.19. The molecule has 19 heavy (non-hydrogen) atoms. The fourth-order valence-corrected chi connectivity index (χ4v) is 2.65. The third-order valence-corrected chi connectivity index (χ3v) is 3.52. The molecule has 1 aliphatic rings. The van der Waals surface area contributed by atoms with Crippen LogP contribution < -0.4 is 10.5 Å². The number of hydrogen-bond donors (Lipinski definition) is 1. The number of nitrogens with zero attached hydrogens (tertiary/aromatic N) is 1. The van der Waals surface area contributed by atoms with E-state index in [1.807, 2.05) is 0 Å². The van der Waals surface area contributed by atoms with E-state index < -0.39 is 6.61 Å². The van der Waals surface area contributed by atoms with Crippen molar-refractivity contribution >= 4 is 16.6 Å². The summed E-state index contributed by atoms with van der Waals surface area (Å²) in [6, 6.07) is 4.95. The van der Waals surface area contributed by atoms with Gasteiger partial charge in [-0.25, -0.2) is 4.98 Å². The number of hydrogen-bond acceptors (Lipinski definition) is 3. The SMILES string of the molecule is Nc1c2c(nc3c(OC(F)F)cccc13)CCCC2. The molecule has 0 atom stereocenters. The van der Waals surface area contributed by atoms with Crippen molar-refractivity contribution in [1.29, 1.82) is 0 Å². The Morgan fingerprint density at radius 3 is 2.79 bits per heavy atom. The molecule has 3 rings (SSSR count). The number of nitrogen functional groups attached to an aromatic ring is 1. The molecule has 0 spiro atoms. The van der Waals surface area contributed by atoms with E-state index >= 15 is 0 Å². The summed E-state index contributed by atoms with van der Waals surface area (Å²) >= 11 is 0. The minimum absolute atomic E-state index is 0.0903. The molecule has 3 nitrogen and oxygen atoms in total. The van der Waals surface area contributed by atoms with Gasteiger partial charge in [0.25, 0.3) is 0 Å². The number of aryl methyl sites for hydroxylation is 1. The molecule has 0 bridgehead atoms. The van der Waals surface area contributed by atoms with Crippen molar-refractivity contribution in [3.8, 4) is 5.75 Å². The summed E-state index contributed by atoms with van der Waals surface area (Å²) in [5, 5.41) is 0.693. The summed E-state index contributed by atoms with van der Waals surface area (Å²) in [5.41, 5.74) is 9.22. The van der Waals surface area contributed by atoms with Crippen LogP contribution in [-0.2, 0) is 12.8 Å². The largest absolute Gasteiger partial charge is 0.432 e. The molecule has 100 valence electrons. The minimum atomic E-state index is -2.86. The molecule has 2 aromatic rings. The Morgan fingerprint density at radius 1 is 1.21 bits per heavy atom. The molecule has 0 radical (unpaired) electrons. The summed E-state index contributed by atoms with van der Waals surface area (Å²) < 4.78 is 29.3. The summed E-state index contributed by atoms with van der Waals surface area (Å²) in [4.78, 5) is 4.49. The van der Waals surface area contributed by atoms with Gasteiger partial charge in [-0.15, -0.1) is 0 Å². The van der Waals surface area contributed by atoms with E-state index in [0.717, 1.165) is 36.9 Å². The zero-order valence-electron chi connectivity index (χ0n) is 10.3. The van der Waals surface area contributed by atoms with Gasteiger partial charge in [0.1, 0.15) is 5.52 Å². The van der Waals surface area contributed by atoms with Gasteiger partial charge in [0.05, 0.1) is 0 Å². The molecule has 0 fully saturated rings. The monoisotopic (exact) mass is 264 g/mol. The first kappa shape index (κ1) is 12.1. The molecule has 1 aromatic heterocycles. The maximum Gasteiger partial charge on any atom is 0.387 e.